The molecule has 2 heterocycles. The number of likely N-dealkylation sites (tertiary alicyclic amines) is 1. The van der Waals surface area contributed by atoms with E-state index < -0.39 is 0 Å². The van der Waals surface area contributed by atoms with Crippen molar-refractivity contribution >= 4 is 29.2 Å². The molecule has 29 heavy (non-hydrogen) atoms. The number of rotatable bonds is 6. The summed E-state index contributed by atoms with van der Waals surface area (Å²) < 4.78 is 14.3. The van der Waals surface area contributed by atoms with E-state index in [9.17, 15) is 9.59 Å². The highest BCUT2D eigenvalue weighted by atomic mass is 32.1. The van der Waals surface area contributed by atoms with E-state index in [-0.39, 0.29) is 11.9 Å². The van der Waals surface area contributed by atoms with Gasteiger partial charge in [0.05, 0.1) is 25.6 Å². The van der Waals surface area contributed by atoms with Crippen LogP contribution in [0.3, 0.4) is 0 Å². The van der Waals surface area contributed by atoms with Gasteiger partial charge in [-0.1, -0.05) is 4.49 Å². The number of amides is 3. The zero-order valence-corrected chi connectivity index (χ0v) is 17.5. The van der Waals surface area contributed by atoms with Crippen LogP contribution >= 0.6 is 11.5 Å². The van der Waals surface area contributed by atoms with E-state index in [1.54, 1.807) is 32.2 Å². The predicted molar refractivity (Wildman–Crippen MR) is 110 cm³/mol. The third kappa shape index (κ3) is 5.14. The van der Waals surface area contributed by atoms with Gasteiger partial charge in [-0.3, -0.25) is 4.79 Å². The number of hydrogen-bond acceptors (Lipinski definition) is 7. The van der Waals surface area contributed by atoms with Crippen LogP contribution in [0.25, 0.3) is 0 Å². The number of anilines is 1. The minimum Gasteiger partial charge on any atom is -0.497 e. The maximum absolute atomic E-state index is 12.5. The van der Waals surface area contributed by atoms with Crippen molar-refractivity contribution in [2.75, 3.05) is 39.2 Å². The lowest BCUT2D eigenvalue weighted by atomic mass is 9.96. The number of benzene rings is 1. The van der Waals surface area contributed by atoms with Gasteiger partial charge in [0.2, 0.25) is 0 Å². The molecule has 0 saturated carbocycles. The van der Waals surface area contributed by atoms with Crippen LogP contribution in [0.4, 0.5) is 10.5 Å². The Balaban J connectivity index is 1.45. The highest BCUT2D eigenvalue weighted by Gasteiger charge is 2.26. The first-order chi connectivity index (χ1) is 14.0. The van der Waals surface area contributed by atoms with Crippen LogP contribution in [0.15, 0.2) is 18.2 Å². The molecular weight excluding hydrogens is 394 g/mol. The van der Waals surface area contributed by atoms with Crippen molar-refractivity contribution in [3.05, 3.63) is 28.8 Å². The Bertz CT molecular complexity index is 864. The number of piperidine rings is 1. The molecule has 1 saturated heterocycles. The quantitative estimate of drug-likeness (QED) is 0.745. The smallest absolute Gasteiger partial charge is 0.319 e. The van der Waals surface area contributed by atoms with Gasteiger partial charge in [-0.15, -0.1) is 5.10 Å². The summed E-state index contributed by atoms with van der Waals surface area (Å²) in [5.41, 5.74) is 1.24. The van der Waals surface area contributed by atoms with E-state index in [1.807, 2.05) is 4.90 Å². The Morgan fingerprint density at radius 3 is 2.62 bits per heavy atom. The number of aryl methyl sites for hydroxylation is 1. The third-order valence-corrected chi connectivity index (χ3v) is 5.77. The van der Waals surface area contributed by atoms with Gasteiger partial charge in [-0.25, -0.2) is 4.79 Å². The molecule has 3 amide bonds. The number of urea groups is 1. The molecule has 0 aliphatic carbocycles. The van der Waals surface area contributed by atoms with Crippen molar-refractivity contribution in [2.24, 2.45) is 5.92 Å². The van der Waals surface area contributed by atoms with Crippen molar-refractivity contribution < 1.29 is 19.1 Å². The van der Waals surface area contributed by atoms with Crippen LogP contribution in [0, 0.1) is 12.8 Å². The standard InChI is InChI=1S/C19H25N5O4S/c1-12-17(29-23-22-12)18(25)24-8-6-13(7-9-24)11-20-19(26)21-15-5-4-14(27-2)10-16(15)28-3/h4-5,10,13H,6-9,11H2,1-3H3,(H2,20,21,26). The number of methoxy groups -OCH3 is 2. The fourth-order valence-corrected chi connectivity index (χ4v) is 3.84. The first kappa shape index (κ1) is 20.8. The van der Waals surface area contributed by atoms with E-state index in [1.165, 1.54) is 7.11 Å². The molecule has 1 aliphatic rings. The number of carbonyl (C=O) groups excluding carboxylic acids is 2. The van der Waals surface area contributed by atoms with Crippen LogP contribution in [0.1, 0.15) is 28.2 Å². The van der Waals surface area contributed by atoms with Crippen molar-refractivity contribution in [1.29, 1.82) is 0 Å². The van der Waals surface area contributed by atoms with E-state index in [2.05, 4.69) is 20.2 Å². The maximum atomic E-state index is 12.5. The summed E-state index contributed by atoms with van der Waals surface area (Å²) in [5.74, 6) is 1.49. The average Bonchev–Trinajstić information content (AvgIpc) is 3.18. The van der Waals surface area contributed by atoms with Crippen molar-refractivity contribution in [3.8, 4) is 11.5 Å². The molecule has 1 aliphatic heterocycles. The second-order valence-electron chi connectivity index (χ2n) is 6.82. The zero-order valence-electron chi connectivity index (χ0n) is 16.7. The molecule has 2 aromatic rings. The van der Waals surface area contributed by atoms with E-state index in [0.29, 0.717) is 53.3 Å². The topological polar surface area (TPSA) is 106 Å². The molecule has 1 fully saturated rings. The Hall–Kier alpha value is -2.88. The number of aromatic nitrogens is 2. The Kier molecular flexibility index (Phi) is 6.86. The highest BCUT2D eigenvalue weighted by molar-refractivity contribution is 7.07. The largest absolute Gasteiger partial charge is 0.497 e. The number of nitrogens with zero attached hydrogens (tertiary/aromatic N) is 3. The molecule has 0 radical (unpaired) electrons. The molecular formula is C19H25N5O4S. The molecule has 10 heteroatoms. The molecule has 2 N–H and O–H groups in total. The molecule has 0 bridgehead atoms. The number of hydrogen-bond donors (Lipinski definition) is 2. The van der Waals surface area contributed by atoms with Crippen molar-refractivity contribution in [2.45, 2.75) is 19.8 Å². The van der Waals surface area contributed by atoms with Gasteiger partial charge in [0, 0.05) is 25.7 Å². The Morgan fingerprint density at radius 2 is 2.00 bits per heavy atom. The first-order valence-corrected chi connectivity index (χ1v) is 10.1. The molecule has 156 valence electrons. The fourth-order valence-electron chi connectivity index (χ4n) is 3.22. The summed E-state index contributed by atoms with van der Waals surface area (Å²) in [4.78, 5) is 27.2. The minimum atomic E-state index is -0.293. The van der Waals surface area contributed by atoms with Gasteiger partial charge in [-0.2, -0.15) is 0 Å². The summed E-state index contributed by atoms with van der Waals surface area (Å²) in [6.07, 6.45) is 1.67. The third-order valence-electron chi connectivity index (χ3n) is 4.96. The van der Waals surface area contributed by atoms with Crippen LogP contribution in [-0.2, 0) is 0 Å². The van der Waals surface area contributed by atoms with Crippen LogP contribution < -0.4 is 20.1 Å². The lowest BCUT2D eigenvalue weighted by Gasteiger charge is -2.31. The lowest BCUT2D eigenvalue weighted by Crippen LogP contribution is -2.42. The summed E-state index contributed by atoms with van der Waals surface area (Å²) >= 11 is 1.14. The SMILES string of the molecule is COc1ccc(NC(=O)NCC2CCN(C(=O)c3snnc3C)CC2)c(OC)c1. The number of carbonyl (C=O) groups is 2. The Morgan fingerprint density at radius 1 is 1.24 bits per heavy atom. The molecule has 1 aromatic carbocycles. The van der Waals surface area contributed by atoms with E-state index >= 15 is 0 Å². The normalized spacial score (nSPS) is 14.4. The van der Waals surface area contributed by atoms with E-state index in [4.69, 9.17) is 9.47 Å². The lowest BCUT2D eigenvalue weighted by molar-refractivity contribution is 0.0694. The van der Waals surface area contributed by atoms with Gasteiger partial charge in [0.25, 0.3) is 5.91 Å². The predicted octanol–water partition coefficient (Wildman–Crippen LogP) is 2.54. The zero-order chi connectivity index (χ0) is 20.8. The van der Waals surface area contributed by atoms with Crippen LogP contribution in [0.5, 0.6) is 11.5 Å². The van der Waals surface area contributed by atoms with E-state index in [0.717, 1.165) is 24.4 Å². The molecule has 3 rings (SSSR count). The monoisotopic (exact) mass is 419 g/mol. The maximum Gasteiger partial charge on any atom is 0.319 e. The molecule has 9 nitrogen and oxygen atoms in total. The van der Waals surface area contributed by atoms with Gasteiger partial charge in [0.1, 0.15) is 16.4 Å². The van der Waals surface area contributed by atoms with Crippen LogP contribution in [0.2, 0.25) is 0 Å². The summed E-state index contributed by atoms with van der Waals surface area (Å²) in [5, 5.41) is 9.60. The number of ether oxygens (including phenoxy) is 2. The van der Waals surface area contributed by atoms with Crippen molar-refractivity contribution in [1.82, 2.24) is 19.8 Å². The van der Waals surface area contributed by atoms with Gasteiger partial charge < -0.3 is 25.0 Å². The van der Waals surface area contributed by atoms with Gasteiger partial charge >= 0.3 is 6.03 Å². The minimum absolute atomic E-state index is 0.00625. The molecule has 0 unspecified atom stereocenters. The Labute approximate surface area is 173 Å². The molecule has 1 aromatic heterocycles. The molecule has 0 spiro atoms. The second kappa shape index (κ2) is 9.55. The summed E-state index contributed by atoms with van der Waals surface area (Å²) in [7, 11) is 3.11. The van der Waals surface area contributed by atoms with Crippen LogP contribution in [-0.4, -0.2) is 60.3 Å². The first-order valence-electron chi connectivity index (χ1n) is 9.37. The van der Waals surface area contributed by atoms with Crippen molar-refractivity contribution in [3.63, 3.8) is 0 Å². The molecule has 0 atom stereocenters. The summed E-state index contributed by atoms with van der Waals surface area (Å²) in [6.45, 7) is 3.67. The number of nitrogens with one attached hydrogen (secondary N) is 2. The summed E-state index contributed by atoms with van der Waals surface area (Å²) in [6, 6.07) is 4.91. The second-order valence-corrected chi connectivity index (χ2v) is 7.58. The fraction of sp³-hybridized carbons (Fsp3) is 0.474. The highest BCUT2D eigenvalue weighted by Crippen LogP contribution is 2.29. The van der Waals surface area contributed by atoms with Gasteiger partial charge in [0.15, 0.2) is 0 Å². The van der Waals surface area contributed by atoms with Gasteiger partial charge in [-0.05, 0) is 49.3 Å². The average molecular weight is 420 g/mol.